The number of nitrogen functional groups attached to an aromatic ring is 1. The van der Waals surface area contributed by atoms with Gasteiger partial charge in [0.15, 0.2) is 5.82 Å². The normalized spacial score (nSPS) is 15.2. The van der Waals surface area contributed by atoms with E-state index in [-0.39, 0.29) is 0 Å². The molecule has 8 nitrogen and oxygen atoms in total. The largest absolute Gasteiger partial charge is 0.497 e. The number of benzene rings is 1. The molecule has 3 heterocycles. The number of nitrogens with two attached hydrogens (primary N) is 1. The lowest BCUT2D eigenvalue weighted by atomic mass is 10.2. The summed E-state index contributed by atoms with van der Waals surface area (Å²) in [4.78, 5) is 22.6. The molecule has 1 aliphatic rings. The Bertz CT molecular complexity index is 1060. The Kier molecular flexibility index (Phi) is 6.17. The molecule has 1 aliphatic heterocycles. The first-order valence-corrected chi connectivity index (χ1v) is 9.69. The highest BCUT2D eigenvalue weighted by Crippen LogP contribution is 2.39. The van der Waals surface area contributed by atoms with Gasteiger partial charge in [-0.15, -0.1) is 11.3 Å². The number of carboxylic acid groups (broad SMARTS) is 1. The van der Waals surface area contributed by atoms with Gasteiger partial charge in [-0.2, -0.15) is 18.2 Å². The van der Waals surface area contributed by atoms with Crippen LogP contribution in [0.1, 0.15) is 0 Å². The maximum absolute atomic E-state index is 10.6. The van der Waals surface area contributed by atoms with E-state index in [4.69, 9.17) is 20.4 Å². The van der Waals surface area contributed by atoms with Gasteiger partial charge in [0, 0.05) is 36.3 Å². The maximum Gasteiger partial charge on any atom is 0.490 e. The molecule has 3 N–H and O–H groups in total. The van der Waals surface area contributed by atoms with Crippen molar-refractivity contribution < 1.29 is 27.8 Å². The summed E-state index contributed by atoms with van der Waals surface area (Å²) in [6.45, 7) is 3.98. The van der Waals surface area contributed by atoms with Crippen molar-refractivity contribution in [1.82, 2.24) is 14.9 Å². The standard InChI is InChI=1S/C16H19N5OS.C2HF3O2/c1-20-5-7-21(8-6-20)15-14-13(18-16(17)19-15)11-4-3-10(22-2)9-12(11)23-14;3-2(4,5)1(6)7/h3-4,9H,5-8H2,1-2H3,(H2,17,18,19);(H,6,7). The number of halogens is 3. The second-order valence-corrected chi connectivity index (χ2v) is 7.69. The van der Waals surface area contributed by atoms with Crippen LogP contribution in [0.4, 0.5) is 24.9 Å². The van der Waals surface area contributed by atoms with E-state index in [2.05, 4.69) is 26.8 Å². The third kappa shape index (κ3) is 4.65. The van der Waals surface area contributed by atoms with E-state index in [9.17, 15) is 13.2 Å². The van der Waals surface area contributed by atoms with Gasteiger partial charge in [0.05, 0.1) is 17.3 Å². The van der Waals surface area contributed by atoms with Gasteiger partial charge in [-0.3, -0.25) is 0 Å². The Morgan fingerprint density at radius 3 is 2.43 bits per heavy atom. The molecule has 162 valence electrons. The summed E-state index contributed by atoms with van der Waals surface area (Å²) in [5.41, 5.74) is 6.92. The van der Waals surface area contributed by atoms with E-state index in [0.717, 1.165) is 58.0 Å². The molecule has 0 saturated carbocycles. The molecule has 0 aliphatic carbocycles. The SMILES string of the molecule is COc1ccc2c(c1)sc1c(N3CCN(C)CC3)nc(N)nc12.O=C(O)C(F)(F)F. The van der Waals surface area contributed by atoms with Crippen LogP contribution in [0.2, 0.25) is 0 Å². The van der Waals surface area contributed by atoms with Crippen LogP contribution in [0.25, 0.3) is 20.3 Å². The Hall–Kier alpha value is -2.86. The zero-order chi connectivity index (χ0) is 22.1. The third-order valence-corrected chi connectivity index (χ3v) is 5.70. The fourth-order valence-electron chi connectivity index (χ4n) is 2.98. The Morgan fingerprint density at radius 1 is 1.23 bits per heavy atom. The second-order valence-electron chi connectivity index (χ2n) is 6.64. The number of methoxy groups -OCH3 is 1. The molecular weight excluding hydrogens is 423 g/mol. The van der Waals surface area contributed by atoms with E-state index in [1.807, 2.05) is 18.2 Å². The van der Waals surface area contributed by atoms with Gasteiger partial charge in [-0.05, 0) is 25.2 Å². The van der Waals surface area contributed by atoms with Crippen LogP contribution in [0.5, 0.6) is 5.75 Å². The summed E-state index contributed by atoms with van der Waals surface area (Å²) in [7, 11) is 3.83. The molecule has 0 unspecified atom stereocenters. The molecule has 12 heteroatoms. The van der Waals surface area contributed by atoms with Gasteiger partial charge in [0.1, 0.15) is 5.75 Å². The smallest absolute Gasteiger partial charge is 0.490 e. The molecule has 1 saturated heterocycles. The van der Waals surface area contributed by atoms with Crippen molar-refractivity contribution in [2.24, 2.45) is 0 Å². The van der Waals surface area contributed by atoms with E-state index in [0.29, 0.717) is 5.95 Å². The number of anilines is 2. The van der Waals surface area contributed by atoms with Crippen molar-refractivity contribution in [3.05, 3.63) is 18.2 Å². The van der Waals surface area contributed by atoms with E-state index in [1.165, 1.54) is 0 Å². The van der Waals surface area contributed by atoms with Crippen molar-refractivity contribution in [3.63, 3.8) is 0 Å². The van der Waals surface area contributed by atoms with Crippen LogP contribution in [-0.2, 0) is 4.79 Å². The fraction of sp³-hybridized carbons (Fsp3) is 0.389. The highest BCUT2D eigenvalue weighted by Gasteiger charge is 2.38. The van der Waals surface area contributed by atoms with Crippen LogP contribution in [0.3, 0.4) is 0 Å². The molecule has 3 aromatic rings. The number of alkyl halides is 3. The molecular formula is C18H20F3N5O3S. The topological polar surface area (TPSA) is 105 Å². The predicted octanol–water partition coefficient (Wildman–Crippen LogP) is 2.82. The third-order valence-electron chi connectivity index (χ3n) is 4.57. The predicted molar refractivity (Wildman–Crippen MR) is 109 cm³/mol. The summed E-state index contributed by atoms with van der Waals surface area (Å²) >= 11 is 1.71. The number of fused-ring (bicyclic) bond motifs is 3. The molecule has 0 amide bonds. The lowest BCUT2D eigenvalue weighted by molar-refractivity contribution is -0.192. The number of ether oxygens (including phenoxy) is 1. The number of rotatable bonds is 2. The Labute approximate surface area is 173 Å². The Balaban J connectivity index is 0.000000318. The number of nitrogens with zero attached hydrogens (tertiary/aromatic N) is 4. The number of hydrogen-bond acceptors (Lipinski definition) is 8. The van der Waals surface area contributed by atoms with Crippen LogP contribution >= 0.6 is 11.3 Å². The molecule has 0 atom stereocenters. The van der Waals surface area contributed by atoms with Crippen molar-refractivity contribution in [2.45, 2.75) is 6.18 Å². The highest BCUT2D eigenvalue weighted by molar-refractivity contribution is 7.26. The lowest BCUT2D eigenvalue weighted by Gasteiger charge is -2.33. The molecule has 1 aromatic carbocycles. The molecule has 0 spiro atoms. The number of hydrogen-bond donors (Lipinski definition) is 2. The number of carboxylic acids is 1. The van der Waals surface area contributed by atoms with Gasteiger partial charge in [0.25, 0.3) is 0 Å². The maximum atomic E-state index is 10.6. The summed E-state index contributed by atoms with van der Waals surface area (Å²) in [5.74, 6) is -0.610. The van der Waals surface area contributed by atoms with E-state index in [1.54, 1.807) is 18.4 Å². The number of thiophene rings is 1. The lowest BCUT2D eigenvalue weighted by Crippen LogP contribution is -2.44. The molecule has 4 rings (SSSR count). The van der Waals surface area contributed by atoms with Gasteiger partial charge < -0.3 is 25.4 Å². The fourth-order valence-corrected chi connectivity index (χ4v) is 4.17. The van der Waals surface area contributed by atoms with Crippen LogP contribution in [0, 0.1) is 0 Å². The van der Waals surface area contributed by atoms with Crippen molar-refractivity contribution in [2.75, 3.05) is 51.0 Å². The van der Waals surface area contributed by atoms with Crippen molar-refractivity contribution in [1.29, 1.82) is 0 Å². The molecule has 2 aromatic heterocycles. The number of likely N-dealkylation sites (N-methyl/N-ethyl adjacent to an activating group) is 1. The first-order chi connectivity index (χ1) is 14.1. The molecule has 0 bridgehead atoms. The van der Waals surface area contributed by atoms with Crippen LogP contribution in [-0.4, -0.2) is 72.5 Å². The van der Waals surface area contributed by atoms with Gasteiger partial charge in [-0.25, -0.2) is 9.78 Å². The number of aromatic nitrogens is 2. The van der Waals surface area contributed by atoms with Gasteiger partial charge >= 0.3 is 12.1 Å². The number of aliphatic carboxylic acids is 1. The zero-order valence-electron chi connectivity index (χ0n) is 16.2. The first-order valence-electron chi connectivity index (χ1n) is 8.87. The number of carbonyl (C=O) groups is 1. The van der Waals surface area contributed by atoms with Crippen LogP contribution in [0.15, 0.2) is 18.2 Å². The highest BCUT2D eigenvalue weighted by atomic mass is 32.1. The summed E-state index contributed by atoms with van der Waals surface area (Å²) in [6.07, 6.45) is -5.08. The average molecular weight is 443 g/mol. The summed E-state index contributed by atoms with van der Waals surface area (Å²) in [5, 5.41) is 8.23. The average Bonchev–Trinajstić information content (AvgIpc) is 3.05. The Morgan fingerprint density at radius 2 is 1.87 bits per heavy atom. The van der Waals surface area contributed by atoms with Crippen molar-refractivity contribution in [3.8, 4) is 5.75 Å². The monoisotopic (exact) mass is 443 g/mol. The second kappa shape index (κ2) is 8.48. The molecule has 0 radical (unpaired) electrons. The quantitative estimate of drug-likeness (QED) is 0.623. The van der Waals surface area contributed by atoms with Gasteiger partial charge in [-0.1, -0.05) is 0 Å². The van der Waals surface area contributed by atoms with Crippen molar-refractivity contribution >= 4 is 49.4 Å². The minimum absolute atomic E-state index is 0.335. The minimum Gasteiger partial charge on any atom is -0.497 e. The van der Waals surface area contributed by atoms with E-state index >= 15 is 0 Å². The number of piperazine rings is 1. The zero-order valence-corrected chi connectivity index (χ0v) is 17.0. The summed E-state index contributed by atoms with van der Waals surface area (Å²) in [6, 6.07) is 6.06. The first kappa shape index (κ1) is 21.8. The molecule has 1 fully saturated rings. The van der Waals surface area contributed by atoms with Gasteiger partial charge in [0.2, 0.25) is 5.95 Å². The van der Waals surface area contributed by atoms with Crippen LogP contribution < -0.4 is 15.4 Å². The minimum atomic E-state index is -5.08. The molecule has 30 heavy (non-hydrogen) atoms. The summed E-state index contributed by atoms with van der Waals surface area (Å²) < 4.78 is 39.3. The van der Waals surface area contributed by atoms with E-state index < -0.39 is 12.1 Å².